The van der Waals surface area contributed by atoms with Crippen molar-refractivity contribution < 1.29 is 4.39 Å². The van der Waals surface area contributed by atoms with Crippen LogP contribution < -0.4 is 5.32 Å². The maximum atomic E-state index is 13.0. The fourth-order valence-electron chi connectivity index (χ4n) is 1.60. The smallest absolute Gasteiger partial charge is 0.123 e. The number of hydrogen-bond donors (Lipinski definition) is 1. The standard InChI is InChI=1S/C12H14FN/c1-8-3-4-10-7-11(13)5-6-12(10)14-9(8)2/h3-9,14H,1-2H3. The third kappa shape index (κ3) is 1.65. The van der Waals surface area contributed by atoms with Gasteiger partial charge in [-0.2, -0.15) is 0 Å². The van der Waals surface area contributed by atoms with E-state index in [0.29, 0.717) is 12.0 Å². The first kappa shape index (κ1) is 9.25. The second-order valence-electron chi connectivity index (χ2n) is 3.88. The molecule has 0 radical (unpaired) electrons. The quantitative estimate of drug-likeness (QED) is 0.663. The van der Waals surface area contributed by atoms with Gasteiger partial charge in [-0.15, -0.1) is 0 Å². The van der Waals surface area contributed by atoms with E-state index >= 15 is 0 Å². The fourth-order valence-corrected chi connectivity index (χ4v) is 1.60. The molecule has 0 bridgehead atoms. The molecular weight excluding hydrogens is 177 g/mol. The Morgan fingerprint density at radius 2 is 2.07 bits per heavy atom. The first-order valence-electron chi connectivity index (χ1n) is 4.91. The summed E-state index contributed by atoms with van der Waals surface area (Å²) in [6.45, 7) is 4.28. The summed E-state index contributed by atoms with van der Waals surface area (Å²) >= 11 is 0. The topological polar surface area (TPSA) is 12.0 Å². The number of halogens is 1. The van der Waals surface area contributed by atoms with Gasteiger partial charge in [-0.3, -0.25) is 0 Å². The number of benzene rings is 1. The second-order valence-corrected chi connectivity index (χ2v) is 3.88. The van der Waals surface area contributed by atoms with E-state index in [-0.39, 0.29) is 5.82 Å². The average Bonchev–Trinajstić information content (AvgIpc) is 2.29. The molecule has 14 heavy (non-hydrogen) atoms. The number of anilines is 1. The van der Waals surface area contributed by atoms with Crippen LogP contribution in [0.1, 0.15) is 19.4 Å². The van der Waals surface area contributed by atoms with E-state index in [4.69, 9.17) is 0 Å². The normalized spacial score (nSPS) is 25.1. The molecule has 1 aromatic carbocycles. The maximum absolute atomic E-state index is 13.0. The van der Waals surface area contributed by atoms with Crippen LogP contribution in [0.25, 0.3) is 6.08 Å². The van der Waals surface area contributed by atoms with Gasteiger partial charge in [-0.1, -0.05) is 19.1 Å². The van der Waals surface area contributed by atoms with Gasteiger partial charge < -0.3 is 5.32 Å². The first-order chi connectivity index (χ1) is 6.66. The summed E-state index contributed by atoms with van der Waals surface area (Å²) in [5.74, 6) is 0.280. The van der Waals surface area contributed by atoms with Gasteiger partial charge in [0.15, 0.2) is 0 Å². The summed E-state index contributed by atoms with van der Waals surface area (Å²) in [4.78, 5) is 0. The summed E-state index contributed by atoms with van der Waals surface area (Å²) in [7, 11) is 0. The molecule has 0 amide bonds. The summed E-state index contributed by atoms with van der Waals surface area (Å²) in [6, 6.07) is 5.23. The molecule has 2 rings (SSSR count). The van der Waals surface area contributed by atoms with Gasteiger partial charge in [0.25, 0.3) is 0 Å². The lowest BCUT2D eigenvalue weighted by atomic mass is 10.0. The molecule has 1 nitrogen and oxygen atoms in total. The zero-order chi connectivity index (χ0) is 10.1. The first-order valence-corrected chi connectivity index (χ1v) is 4.91. The van der Waals surface area contributed by atoms with E-state index in [2.05, 4.69) is 25.2 Å². The SMILES string of the molecule is CC1C=Cc2cc(F)ccc2NC1C. The zero-order valence-electron chi connectivity index (χ0n) is 8.42. The number of rotatable bonds is 0. The predicted molar refractivity (Wildman–Crippen MR) is 57.7 cm³/mol. The second kappa shape index (κ2) is 3.45. The molecule has 0 spiro atoms. The van der Waals surface area contributed by atoms with Gasteiger partial charge in [0, 0.05) is 17.3 Å². The van der Waals surface area contributed by atoms with Crippen LogP contribution in [0.15, 0.2) is 24.3 Å². The largest absolute Gasteiger partial charge is 0.382 e. The minimum Gasteiger partial charge on any atom is -0.382 e. The maximum Gasteiger partial charge on any atom is 0.123 e. The Morgan fingerprint density at radius 1 is 1.29 bits per heavy atom. The summed E-state index contributed by atoms with van der Waals surface area (Å²) in [5, 5.41) is 3.37. The number of fused-ring (bicyclic) bond motifs is 1. The van der Waals surface area contributed by atoms with E-state index in [0.717, 1.165) is 11.3 Å². The molecule has 74 valence electrons. The Balaban J connectivity index is 2.43. The van der Waals surface area contributed by atoms with Gasteiger partial charge in [-0.05, 0) is 31.0 Å². The molecule has 0 saturated heterocycles. The van der Waals surface area contributed by atoms with E-state index < -0.39 is 0 Å². The molecule has 0 fully saturated rings. The lowest BCUT2D eigenvalue weighted by Gasteiger charge is -2.17. The Bertz CT molecular complexity index is 371. The van der Waals surface area contributed by atoms with E-state index in [1.807, 2.05) is 6.08 Å². The number of hydrogen-bond acceptors (Lipinski definition) is 1. The average molecular weight is 191 g/mol. The highest BCUT2D eigenvalue weighted by Gasteiger charge is 2.14. The van der Waals surface area contributed by atoms with Crippen molar-refractivity contribution in [2.24, 2.45) is 5.92 Å². The molecule has 1 N–H and O–H groups in total. The summed E-state index contributed by atoms with van der Waals surface area (Å²) in [5.41, 5.74) is 1.95. The van der Waals surface area contributed by atoms with Gasteiger partial charge in [0.2, 0.25) is 0 Å². The van der Waals surface area contributed by atoms with Crippen LogP contribution in [0.3, 0.4) is 0 Å². The van der Waals surface area contributed by atoms with Crippen molar-refractivity contribution in [1.82, 2.24) is 0 Å². The highest BCUT2D eigenvalue weighted by atomic mass is 19.1. The van der Waals surface area contributed by atoms with Crippen molar-refractivity contribution in [3.8, 4) is 0 Å². The zero-order valence-corrected chi connectivity index (χ0v) is 8.42. The number of nitrogens with one attached hydrogen (secondary N) is 1. The van der Waals surface area contributed by atoms with E-state index in [1.165, 1.54) is 6.07 Å². The lowest BCUT2D eigenvalue weighted by molar-refractivity contribution is 0.620. The van der Waals surface area contributed by atoms with Crippen molar-refractivity contribution >= 4 is 11.8 Å². The molecular formula is C12H14FN. The molecule has 1 aliphatic rings. The van der Waals surface area contributed by atoms with Crippen LogP contribution >= 0.6 is 0 Å². The Labute approximate surface area is 83.6 Å². The van der Waals surface area contributed by atoms with Crippen LogP contribution in [0.2, 0.25) is 0 Å². The monoisotopic (exact) mass is 191 g/mol. The highest BCUT2D eigenvalue weighted by Crippen LogP contribution is 2.25. The van der Waals surface area contributed by atoms with Crippen LogP contribution in [-0.4, -0.2) is 6.04 Å². The van der Waals surface area contributed by atoms with Crippen molar-refractivity contribution in [3.05, 3.63) is 35.7 Å². The molecule has 1 heterocycles. The minimum atomic E-state index is -0.183. The molecule has 0 saturated carbocycles. The molecule has 2 unspecified atom stereocenters. The Morgan fingerprint density at radius 3 is 2.86 bits per heavy atom. The lowest BCUT2D eigenvalue weighted by Crippen LogP contribution is -2.21. The van der Waals surface area contributed by atoms with Gasteiger partial charge in [0.05, 0.1) is 0 Å². The fraction of sp³-hybridized carbons (Fsp3) is 0.333. The molecule has 0 aliphatic carbocycles. The van der Waals surface area contributed by atoms with Crippen molar-refractivity contribution in [3.63, 3.8) is 0 Å². The van der Waals surface area contributed by atoms with Crippen LogP contribution in [-0.2, 0) is 0 Å². The summed E-state index contributed by atoms with van der Waals surface area (Å²) < 4.78 is 13.0. The molecule has 0 aromatic heterocycles. The van der Waals surface area contributed by atoms with Crippen molar-refractivity contribution in [2.75, 3.05) is 5.32 Å². The molecule has 2 heteroatoms. The molecule has 2 atom stereocenters. The Kier molecular flexibility index (Phi) is 2.28. The van der Waals surface area contributed by atoms with Gasteiger partial charge in [0.1, 0.15) is 5.82 Å². The van der Waals surface area contributed by atoms with Gasteiger partial charge >= 0.3 is 0 Å². The van der Waals surface area contributed by atoms with E-state index in [9.17, 15) is 4.39 Å². The predicted octanol–water partition coefficient (Wildman–Crippen LogP) is 3.29. The van der Waals surface area contributed by atoms with Crippen molar-refractivity contribution in [1.29, 1.82) is 0 Å². The molecule has 1 aliphatic heterocycles. The summed E-state index contributed by atoms with van der Waals surface area (Å²) in [6.07, 6.45) is 4.10. The van der Waals surface area contributed by atoms with E-state index in [1.54, 1.807) is 12.1 Å². The van der Waals surface area contributed by atoms with Crippen LogP contribution in [0.5, 0.6) is 0 Å². The third-order valence-corrected chi connectivity index (χ3v) is 2.76. The Hall–Kier alpha value is -1.31. The van der Waals surface area contributed by atoms with Crippen LogP contribution in [0, 0.1) is 11.7 Å². The van der Waals surface area contributed by atoms with Crippen molar-refractivity contribution in [2.45, 2.75) is 19.9 Å². The van der Waals surface area contributed by atoms with Crippen LogP contribution in [0.4, 0.5) is 10.1 Å². The van der Waals surface area contributed by atoms with Gasteiger partial charge in [-0.25, -0.2) is 4.39 Å². The molecule has 1 aromatic rings. The minimum absolute atomic E-state index is 0.183. The third-order valence-electron chi connectivity index (χ3n) is 2.76. The highest BCUT2D eigenvalue weighted by molar-refractivity contribution is 5.68.